The molecule has 0 saturated heterocycles. The summed E-state index contributed by atoms with van der Waals surface area (Å²) in [6.07, 6.45) is -1.67. The summed E-state index contributed by atoms with van der Waals surface area (Å²) in [4.78, 5) is 0. The summed E-state index contributed by atoms with van der Waals surface area (Å²) in [5, 5.41) is 0. The van der Waals surface area contributed by atoms with Crippen molar-refractivity contribution in [1.82, 2.24) is 0 Å². The molecule has 0 rings (SSSR count). The van der Waals surface area contributed by atoms with Crippen molar-refractivity contribution in [3.05, 3.63) is 23.3 Å². The standard InChI is InChI=1S/C9H14F3N/c1-3-4-8(9(10,11)12)5-7(2)6-13/h4-5H,3,6,13H2,1-2H3/b7-5-,8-4+. The van der Waals surface area contributed by atoms with Gasteiger partial charge in [0.15, 0.2) is 0 Å². The van der Waals surface area contributed by atoms with Crippen molar-refractivity contribution >= 4 is 0 Å². The molecule has 0 saturated carbocycles. The van der Waals surface area contributed by atoms with Crippen molar-refractivity contribution in [3.8, 4) is 0 Å². The highest BCUT2D eigenvalue weighted by atomic mass is 19.4. The van der Waals surface area contributed by atoms with E-state index in [4.69, 9.17) is 5.73 Å². The van der Waals surface area contributed by atoms with E-state index in [2.05, 4.69) is 0 Å². The molecule has 0 amide bonds. The van der Waals surface area contributed by atoms with Crippen LogP contribution in [0.15, 0.2) is 23.3 Å². The average molecular weight is 193 g/mol. The molecule has 0 heterocycles. The number of nitrogens with two attached hydrogens (primary N) is 1. The first-order chi connectivity index (χ1) is 5.91. The molecule has 0 atom stereocenters. The van der Waals surface area contributed by atoms with E-state index in [1.54, 1.807) is 13.8 Å². The zero-order chi connectivity index (χ0) is 10.5. The third-order valence-corrected chi connectivity index (χ3v) is 1.48. The Hall–Kier alpha value is -0.770. The van der Waals surface area contributed by atoms with E-state index in [1.165, 1.54) is 0 Å². The number of alkyl halides is 3. The molecule has 13 heavy (non-hydrogen) atoms. The van der Waals surface area contributed by atoms with Crippen molar-refractivity contribution in [2.45, 2.75) is 26.4 Å². The molecule has 0 unspecified atom stereocenters. The number of hydrogen-bond donors (Lipinski definition) is 1. The van der Waals surface area contributed by atoms with Crippen LogP contribution in [0.3, 0.4) is 0 Å². The summed E-state index contributed by atoms with van der Waals surface area (Å²) in [6.45, 7) is 3.39. The molecule has 2 N–H and O–H groups in total. The van der Waals surface area contributed by atoms with Crippen LogP contribution in [-0.2, 0) is 0 Å². The second-order valence-electron chi connectivity index (χ2n) is 2.76. The monoisotopic (exact) mass is 193 g/mol. The van der Waals surface area contributed by atoms with Gasteiger partial charge in [0.2, 0.25) is 0 Å². The molecule has 0 spiro atoms. The highest BCUT2D eigenvalue weighted by Gasteiger charge is 2.31. The second-order valence-corrected chi connectivity index (χ2v) is 2.76. The molecule has 0 aliphatic rings. The fourth-order valence-electron chi connectivity index (χ4n) is 0.801. The molecular weight excluding hydrogens is 179 g/mol. The van der Waals surface area contributed by atoms with Gasteiger partial charge >= 0.3 is 6.18 Å². The lowest BCUT2D eigenvalue weighted by atomic mass is 10.1. The van der Waals surface area contributed by atoms with Crippen molar-refractivity contribution in [2.24, 2.45) is 5.73 Å². The molecule has 0 aromatic carbocycles. The molecule has 0 radical (unpaired) electrons. The summed E-state index contributed by atoms with van der Waals surface area (Å²) in [6, 6.07) is 0. The topological polar surface area (TPSA) is 26.0 Å². The van der Waals surface area contributed by atoms with Crippen LogP contribution in [0.2, 0.25) is 0 Å². The van der Waals surface area contributed by atoms with Gasteiger partial charge in [0, 0.05) is 6.54 Å². The summed E-state index contributed by atoms with van der Waals surface area (Å²) in [5.41, 5.74) is 5.11. The maximum Gasteiger partial charge on any atom is 0.416 e. The maximum atomic E-state index is 12.3. The Kier molecular flexibility index (Phi) is 4.77. The van der Waals surface area contributed by atoms with Crippen LogP contribution in [-0.4, -0.2) is 12.7 Å². The van der Waals surface area contributed by atoms with Gasteiger partial charge in [0.05, 0.1) is 5.57 Å². The van der Waals surface area contributed by atoms with Crippen molar-refractivity contribution < 1.29 is 13.2 Å². The van der Waals surface area contributed by atoms with Gasteiger partial charge in [-0.25, -0.2) is 0 Å². The van der Waals surface area contributed by atoms with Crippen LogP contribution in [0.5, 0.6) is 0 Å². The second kappa shape index (κ2) is 5.07. The fraction of sp³-hybridized carbons (Fsp3) is 0.556. The fourth-order valence-corrected chi connectivity index (χ4v) is 0.801. The van der Waals surface area contributed by atoms with Crippen molar-refractivity contribution in [2.75, 3.05) is 6.54 Å². The van der Waals surface area contributed by atoms with Crippen molar-refractivity contribution in [1.29, 1.82) is 0 Å². The van der Waals surface area contributed by atoms with Crippen LogP contribution >= 0.6 is 0 Å². The Bertz CT molecular complexity index is 213. The molecule has 0 aliphatic carbocycles. The minimum atomic E-state index is -4.27. The van der Waals surface area contributed by atoms with Gasteiger partial charge in [0.1, 0.15) is 0 Å². The smallest absolute Gasteiger partial charge is 0.327 e. The van der Waals surface area contributed by atoms with Gasteiger partial charge in [-0.1, -0.05) is 24.6 Å². The summed E-state index contributed by atoms with van der Waals surface area (Å²) >= 11 is 0. The van der Waals surface area contributed by atoms with Gasteiger partial charge in [-0.3, -0.25) is 0 Å². The van der Waals surface area contributed by atoms with Gasteiger partial charge in [0.25, 0.3) is 0 Å². The minimum absolute atomic E-state index is 0.150. The van der Waals surface area contributed by atoms with E-state index < -0.39 is 11.7 Å². The Morgan fingerprint density at radius 2 is 1.92 bits per heavy atom. The lowest BCUT2D eigenvalue weighted by molar-refractivity contribution is -0.0884. The first kappa shape index (κ1) is 12.2. The molecule has 0 aromatic heterocycles. The lowest BCUT2D eigenvalue weighted by Crippen LogP contribution is -2.11. The normalized spacial score (nSPS) is 14.9. The highest BCUT2D eigenvalue weighted by molar-refractivity contribution is 5.27. The summed E-state index contributed by atoms with van der Waals surface area (Å²) in [5.74, 6) is 0. The third-order valence-electron chi connectivity index (χ3n) is 1.48. The highest BCUT2D eigenvalue weighted by Crippen LogP contribution is 2.27. The zero-order valence-electron chi connectivity index (χ0n) is 7.78. The van der Waals surface area contributed by atoms with Crippen molar-refractivity contribution in [3.63, 3.8) is 0 Å². The maximum absolute atomic E-state index is 12.3. The van der Waals surface area contributed by atoms with Crippen LogP contribution in [0.1, 0.15) is 20.3 Å². The van der Waals surface area contributed by atoms with E-state index in [0.717, 1.165) is 12.2 Å². The zero-order valence-corrected chi connectivity index (χ0v) is 7.78. The predicted octanol–water partition coefficient (Wildman–Crippen LogP) is 2.79. The minimum Gasteiger partial charge on any atom is -0.327 e. The predicted molar refractivity (Wildman–Crippen MR) is 47.2 cm³/mol. The van der Waals surface area contributed by atoms with Gasteiger partial charge in [-0.2, -0.15) is 13.2 Å². The van der Waals surface area contributed by atoms with E-state index in [0.29, 0.717) is 12.0 Å². The quantitative estimate of drug-likeness (QED) is 0.685. The number of rotatable bonds is 3. The first-order valence-electron chi connectivity index (χ1n) is 4.06. The van der Waals surface area contributed by atoms with Crippen LogP contribution < -0.4 is 5.73 Å². The Labute approximate surface area is 76.1 Å². The van der Waals surface area contributed by atoms with Crippen LogP contribution in [0.4, 0.5) is 13.2 Å². The van der Waals surface area contributed by atoms with Gasteiger partial charge in [-0.05, 0) is 13.3 Å². The van der Waals surface area contributed by atoms with E-state index in [-0.39, 0.29) is 6.54 Å². The Morgan fingerprint density at radius 3 is 2.23 bits per heavy atom. The van der Waals surface area contributed by atoms with Gasteiger partial charge < -0.3 is 5.73 Å². The molecule has 1 nitrogen and oxygen atoms in total. The summed E-state index contributed by atoms with van der Waals surface area (Å²) in [7, 11) is 0. The van der Waals surface area contributed by atoms with Gasteiger partial charge in [-0.15, -0.1) is 0 Å². The Morgan fingerprint density at radius 1 is 1.38 bits per heavy atom. The number of hydrogen-bond acceptors (Lipinski definition) is 1. The largest absolute Gasteiger partial charge is 0.416 e. The van der Waals surface area contributed by atoms with Crippen LogP contribution in [0.25, 0.3) is 0 Å². The number of allylic oxidation sites excluding steroid dienone is 3. The average Bonchev–Trinajstić information content (AvgIpc) is 2.01. The van der Waals surface area contributed by atoms with E-state index in [9.17, 15) is 13.2 Å². The first-order valence-corrected chi connectivity index (χ1v) is 4.06. The molecule has 0 aliphatic heterocycles. The number of halogens is 3. The third kappa shape index (κ3) is 4.72. The molecule has 0 aromatic rings. The summed E-state index contributed by atoms with van der Waals surface area (Å²) < 4.78 is 36.8. The van der Waals surface area contributed by atoms with Crippen LogP contribution in [0, 0.1) is 0 Å². The Balaban J connectivity index is 4.75. The van der Waals surface area contributed by atoms with E-state index >= 15 is 0 Å². The SMILES string of the molecule is CC/C=C(\C=C(\C)CN)C(F)(F)F. The molecular formula is C9H14F3N. The lowest BCUT2D eigenvalue weighted by Gasteiger charge is -2.08. The van der Waals surface area contributed by atoms with E-state index in [1.807, 2.05) is 0 Å². The molecule has 76 valence electrons. The molecule has 4 heteroatoms. The molecule has 0 fully saturated rings. The molecule has 0 bridgehead atoms.